The molecule has 1 aliphatic rings. The number of nitrogen functional groups attached to an aromatic ring is 1. The number of nitrogens with two attached hydrogens (primary N) is 1. The zero-order valence-electron chi connectivity index (χ0n) is 9.26. The van der Waals surface area contributed by atoms with E-state index in [1.54, 1.807) is 0 Å². The number of carbonyl (C=O) groups is 1. The predicted molar refractivity (Wildman–Crippen MR) is 58.6 cm³/mol. The summed E-state index contributed by atoms with van der Waals surface area (Å²) >= 11 is 0. The van der Waals surface area contributed by atoms with Crippen LogP contribution >= 0.6 is 0 Å². The molecule has 1 aliphatic heterocycles. The second kappa shape index (κ2) is 5.55. The number of amides is 1. The molecule has 7 nitrogen and oxygen atoms in total. The standard InChI is InChI=1S/C10H14N4O3/c11-9-8(12-4-5-13-9)10(15)14-17-7-3-1-2-6-16-7/h4-5,7H,1-3,6H2,(H2,11,13)(H,14,15). The van der Waals surface area contributed by atoms with Crippen molar-refractivity contribution in [1.82, 2.24) is 15.4 Å². The van der Waals surface area contributed by atoms with Crippen LogP contribution in [0.1, 0.15) is 29.8 Å². The number of nitrogens with zero attached hydrogens (tertiary/aromatic N) is 2. The van der Waals surface area contributed by atoms with Gasteiger partial charge in [-0.3, -0.25) is 4.79 Å². The van der Waals surface area contributed by atoms with Crippen LogP contribution in [0.25, 0.3) is 0 Å². The smallest absolute Gasteiger partial charge is 0.297 e. The summed E-state index contributed by atoms with van der Waals surface area (Å²) in [4.78, 5) is 24.3. The molecule has 7 heteroatoms. The summed E-state index contributed by atoms with van der Waals surface area (Å²) < 4.78 is 5.29. The summed E-state index contributed by atoms with van der Waals surface area (Å²) in [6, 6.07) is 0. The van der Waals surface area contributed by atoms with E-state index in [1.807, 2.05) is 0 Å². The van der Waals surface area contributed by atoms with Crippen molar-refractivity contribution in [3.63, 3.8) is 0 Å². The molecular formula is C10H14N4O3. The Kier molecular flexibility index (Phi) is 3.84. The van der Waals surface area contributed by atoms with E-state index in [0.717, 1.165) is 19.3 Å². The van der Waals surface area contributed by atoms with Gasteiger partial charge in [0.2, 0.25) is 0 Å². The Morgan fingerprint density at radius 1 is 1.47 bits per heavy atom. The maximum Gasteiger partial charge on any atom is 0.297 e. The molecule has 2 rings (SSSR count). The Labute approximate surface area is 98.3 Å². The molecule has 3 N–H and O–H groups in total. The molecule has 1 fully saturated rings. The van der Waals surface area contributed by atoms with Crippen molar-refractivity contribution in [2.24, 2.45) is 0 Å². The van der Waals surface area contributed by atoms with Crippen LogP contribution in [-0.2, 0) is 9.57 Å². The van der Waals surface area contributed by atoms with Crippen LogP contribution in [0, 0.1) is 0 Å². The minimum absolute atomic E-state index is 0.0447. The SMILES string of the molecule is Nc1nccnc1C(=O)NOC1CCCCO1. The Hall–Kier alpha value is -1.73. The lowest BCUT2D eigenvalue weighted by atomic mass is 10.2. The van der Waals surface area contributed by atoms with Crippen LogP contribution in [-0.4, -0.2) is 28.8 Å². The number of hydroxylamine groups is 1. The summed E-state index contributed by atoms with van der Waals surface area (Å²) in [5.74, 6) is -0.456. The van der Waals surface area contributed by atoms with Gasteiger partial charge in [0.15, 0.2) is 17.8 Å². The second-order valence-corrected chi connectivity index (χ2v) is 3.64. The molecule has 1 amide bonds. The highest BCUT2D eigenvalue weighted by Crippen LogP contribution is 2.12. The van der Waals surface area contributed by atoms with Crippen LogP contribution in [0.2, 0.25) is 0 Å². The number of anilines is 1. The number of rotatable bonds is 3. The molecule has 0 aliphatic carbocycles. The van der Waals surface area contributed by atoms with Gasteiger partial charge in [-0.25, -0.2) is 20.3 Å². The van der Waals surface area contributed by atoms with Gasteiger partial charge in [-0.15, -0.1) is 0 Å². The molecule has 17 heavy (non-hydrogen) atoms. The highest BCUT2D eigenvalue weighted by atomic mass is 16.8. The summed E-state index contributed by atoms with van der Waals surface area (Å²) in [6.07, 6.45) is 5.21. The van der Waals surface area contributed by atoms with Crippen LogP contribution in [0.3, 0.4) is 0 Å². The lowest BCUT2D eigenvalue weighted by Gasteiger charge is -2.21. The molecule has 2 heterocycles. The van der Waals surface area contributed by atoms with E-state index in [9.17, 15) is 4.79 Å². The first-order valence-electron chi connectivity index (χ1n) is 5.41. The molecular weight excluding hydrogens is 224 g/mol. The number of nitrogens with one attached hydrogen (secondary N) is 1. The lowest BCUT2D eigenvalue weighted by molar-refractivity contribution is -0.186. The van der Waals surface area contributed by atoms with Gasteiger partial charge in [-0.2, -0.15) is 0 Å². The molecule has 1 saturated heterocycles. The lowest BCUT2D eigenvalue weighted by Crippen LogP contribution is -2.33. The molecule has 0 bridgehead atoms. The molecule has 1 unspecified atom stereocenters. The van der Waals surface area contributed by atoms with Crippen molar-refractivity contribution in [3.05, 3.63) is 18.1 Å². The number of hydrogen-bond acceptors (Lipinski definition) is 6. The van der Waals surface area contributed by atoms with Crippen molar-refractivity contribution in [2.45, 2.75) is 25.6 Å². The van der Waals surface area contributed by atoms with Crippen molar-refractivity contribution < 1.29 is 14.4 Å². The largest absolute Gasteiger partial charge is 0.382 e. The first-order chi connectivity index (χ1) is 8.27. The van der Waals surface area contributed by atoms with E-state index in [1.165, 1.54) is 12.4 Å². The number of carbonyl (C=O) groups excluding carboxylic acids is 1. The maximum absolute atomic E-state index is 11.6. The van der Waals surface area contributed by atoms with Gasteiger partial charge in [0.25, 0.3) is 5.91 Å². The van der Waals surface area contributed by atoms with Gasteiger partial charge in [0.05, 0.1) is 0 Å². The average molecular weight is 238 g/mol. The second-order valence-electron chi connectivity index (χ2n) is 3.64. The minimum Gasteiger partial charge on any atom is -0.382 e. The molecule has 1 atom stereocenters. The molecule has 92 valence electrons. The molecule has 0 aromatic carbocycles. The highest BCUT2D eigenvalue weighted by molar-refractivity contribution is 5.95. The molecule has 1 aromatic heterocycles. The third kappa shape index (κ3) is 3.11. The van der Waals surface area contributed by atoms with Crippen LogP contribution in [0.4, 0.5) is 5.82 Å². The van der Waals surface area contributed by atoms with E-state index in [0.29, 0.717) is 6.61 Å². The first-order valence-corrected chi connectivity index (χ1v) is 5.41. The third-order valence-electron chi connectivity index (χ3n) is 2.36. The Morgan fingerprint density at radius 3 is 3.00 bits per heavy atom. The Bertz CT molecular complexity index is 393. The Morgan fingerprint density at radius 2 is 2.29 bits per heavy atom. The van der Waals surface area contributed by atoms with E-state index < -0.39 is 12.2 Å². The molecule has 1 aromatic rings. The fourth-order valence-electron chi connectivity index (χ4n) is 1.50. The quantitative estimate of drug-likeness (QED) is 0.732. The maximum atomic E-state index is 11.6. The van der Waals surface area contributed by atoms with Gasteiger partial charge in [0.1, 0.15) is 0 Å². The number of hydrogen-bond donors (Lipinski definition) is 2. The van der Waals surface area contributed by atoms with Crippen molar-refractivity contribution in [2.75, 3.05) is 12.3 Å². The predicted octanol–water partition coefficient (Wildman–Crippen LogP) is 0.247. The molecule has 0 spiro atoms. The summed E-state index contributed by atoms with van der Waals surface area (Å²) in [5.41, 5.74) is 7.82. The van der Waals surface area contributed by atoms with E-state index in [-0.39, 0.29) is 11.5 Å². The van der Waals surface area contributed by atoms with Crippen LogP contribution < -0.4 is 11.2 Å². The normalized spacial score (nSPS) is 19.9. The molecule has 0 saturated carbocycles. The van der Waals surface area contributed by atoms with Gasteiger partial charge in [0, 0.05) is 25.4 Å². The average Bonchev–Trinajstić information content (AvgIpc) is 2.38. The Balaban J connectivity index is 1.87. The fraction of sp³-hybridized carbons (Fsp3) is 0.500. The number of ether oxygens (including phenoxy) is 1. The van der Waals surface area contributed by atoms with Crippen LogP contribution in [0.5, 0.6) is 0 Å². The van der Waals surface area contributed by atoms with Gasteiger partial charge in [-0.1, -0.05) is 0 Å². The van der Waals surface area contributed by atoms with Gasteiger partial charge >= 0.3 is 0 Å². The van der Waals surface area contributed by atoms with E-state index in [4.69, 9.17) is 15.3 Å². The third-order valence-corrected chi connectivity index (χ3v) is 2.36. The zero-order chi connectivity index (χ0) is 12.1. The zero-order valence-corrected chi connectivity index (χ0v) is 9.26. The van der Waals surface area contributed by atoms with Crippen molar-refractivity contribution in [3.8, 4) is 0 Å². The van der Waals surface area contributed by atoms with Crippen molar-refractivity contribution in [1.29, 1.82) is 0 Å². The highest BCUT2D eigenvalue weighted by Gasteiger charge is 2.18. The minimum atomic E-state index is -0.523. The summed E-state index contributed by atoms with van der Waals surface area (Å²) in [5, 5.41) is 0. The summed E-state index contributed by atoms with van der Waals surface area (Å²) in [7, 11) is 0. The van der Waals surface area contributed by atoms with Crippen LogP contribution in [0.15, 0.2) is 12.4 Å². The first kappa shape index (κ1) is 11.7. The fourth-order valence-corrected chi connectivity index (χ4v) is 1.50. The summed E-state index contributed by atoms with van der Waals surface area (Å²) in [6.45, 7) is 0.647. The topological polar surface area (TPSA) is 99.4 Å². The molecule has 0 radical (unpaired) electrons. The van der Waals surface area contributed by atoms with E-state index in [2.05, 4.69) is 15.4 Å². The number of aromatic nitrogens is 2. The van der Waals surface area contributed by atoms with Gasteiger partial charge in [-0.05, 0) is 12.8 Å². The van der Waals surface area contributed by atoms with Crippen molar-refractivity contribution >= 4 is 11.7 Å². The van der Waals surface area contributed by atoms with Gasteiger partial charge < -0.3 is 10.5 Å². The van der Waals surface area contributed by atoms with E-state index >= 15 is 0 Å². The monoisotopic (exact) mass is 238 g/mol.